The van der Waals surface area contributed by atoms with E-state index in [1.54, 1.807) is 0 Å². The zero-order chi connectivity index (χ0) is 10.9. The molecule has 3 heteroatoms. The van der Waals surface area contributed by atoms with Crippen molar-refractivity contribution < 1.29 is 5.48 Å². The number of alkyl halides is 2. The van der Waals surface area contributed by atoms with Gasteiger partial charge in [-0.3, -0.25) is 0 Å². The van der Waals surface area contributed by atoms with Crippen molar-refractivity contribution >= 4 is 23.2 Å². The Morgan fingerprint density at radius 1 is 0.643 bits per heavy atom. The van der Waals surface area contributed by atoms with Crippen LogP contribution in [0.2, 0.25) is 0 Å². The predicted molar refractivity (Wildman–Crippen MR) is 70.6 cm³/mol. The summed E-state index contributed by atoms with van der Waals surface area (Å²) in [4.78, 5) is 0. The van der Waals surface area contributed by atoms with Crippen molar-refractivity contribution in [3.05, 3.63) is 0 Å². The summed E-state index contributed by atoms with van der Waals surface area (Å²) in [5.74, 6) is 0. The fourth-order valence-corrected chi connectivity index (χ4v) is 0.707. The fourth-order valence-electron chi connectivity index (χ4n) is 0.707. The Balaban J connectivity index is -0.0000000535. The van der Waals surface area contributed by atoms with E-state index in [0.29, 0.717) is 0 Å². The molecule has 14 heavy (non-hydrogen) atoms. The van der Waals surface area contributed by atoms with Gasteiger partial charge in [0.2, 0.25) is 0 Å². The van der Waals surface area contributed by atoms with Crippen molar-refractivity contribution in [2.24, 2.45) is 0 Å². The van der Waals surface area contributed by atoms with Gasteiger partial charge in [-0.1, -0.05) is 66.2 Å². The van der Waals surface area contributed by atoms with Crippen LogP contribution in [0.5, 0.6) is 0 Å². The summed E-state index contributed by atoms with van der Waals surface area (Å²) >= 11 is 9.53. The average molecular weight is 247 g/mol. The Kier molecular flexibility index (Phi) is 64.2. The second kappa shape index (κ2) is 37.5. The molecule has 0 aromatic heterocycles. The summed E-state index contributed by atoms with van der Waals surface area (Å²) in [6.45, 7) is 8.85. The number of hydrogen-bond acceptors (Lipinski definition) is 0. The molecule has 0 atom stereocenters. The molecule has 0 aromatic carbocycles. The van der Waals surface area contributed by atoms with Crippen LogP contribution in [0, 0.1) is 0 Å². The van der Waals surface area contributed by atoms with Crippen LogP contribution in [0.1, 0.15) is 66.2 Å². The van der Waals surface area contributed by atoms with Crippen LogP contribution in [0.3, 0.4) is 0 Å². The molecule has 0 rings (SSSR count). The van der Waals surface area contributed by atoms with Crippen LogP contribution in [-0.2, 0) is 0 Å². The zero-order valence-corrected chi connectivity index (χ0v) is 11.7. The Morgan fingerprint density at radius 3 is 0.786 bits per heavy atom. The SMILES string of the molecule is CCCCC.CCCCC.ClCCl.O. The van der Waals surface area contributed by atoms with Gasteiger partial charge in [-0.15, -0.1) is 23.2 Å². The van der Waals surface area contributed by atoms with Crippen LogP contribution < -0.4 is 0 Å². The maximum atomic E-state index is 4.76. The van der Waals surface area contributed by atoms with Crippen LogP contribution in [0.15, 0.2) is 0 Å². The predicted octanol–water partition coefficient (Wildman–Crippen LogP) is 4.99. The molecule has 0 aromatic rings. The highest BCUT2D eigenvalue weighted by molar-refractivity contribution is 6.40. The smallest absolute Gasteiger partial charge is 0.0967 e. The van der Waals surface area contributed by atoms with Crippen molar-refractivity contribution in [2.75, 3.05) is 5.34 Å². The zero-order valence-electron chi connectivity index (χ0n) is 10.2. The summed E-state index contributed by atoms with van der Waals surface area (Å²) < 4.78 is 0. The van der Waals surface area contributed by atoms with Gasteiger partial charge in [0.1, 0.15) is 0 Å². The fraction of sp³-hybridized carbons (Fsp3) is 1.00. The first kappa shape index (κ1) is 24.0. The van der Waals surface area contributed by atoms with Crippen molar-refractivity contribution in [3.8, 4) is 0 Å². The molecule has 0 fully saturated rings. The van der Waals surface area contributed by atoms with E-state index in [0.717, 1.165) is 0 Å². The number of unbranched alkanes of at least 4 members (excludes halogenated alkanes) is 4. The molecule has 1 nitrogen and oxygen atoms in total. The van der Waals surface area contributed by atoms with E-state index in [-0.39, 0.29) is 10.8 Å². The Bertz CT molecular complexity index is 42.6. The summed E-state index contributed by atoms with van der Waals surface area (Å²) in [6.07, 6.45) is 8.15. The third-order valence-electron chi connectivity index (χ3n) is 1.41. The topological polar surface area (TPSA) is 31.5 Å². The lowest BCUT2D eigenvalue weighted by Gasteiger charge is -1.79. The lowest BCUT2D eigenvalue weighted by molar-refractivity contribution is 0.772. The molecule has 2 N–H and O–H groups in total. The molecule has 0 aliphatic rings. The van der Waals surface area contributed by atoms with E-state index in [9.17, 15) is 0 Å². The summed E-state index contributed by atoms with van der Waals surface area (Å²) in [7, 11) is 0. The minimum Gasteiger partial charge on any atom is -0.412 e. The van der Waals surface area contributed by atoms with E-state index in [1.165, 1.54) is 38.5 Å². The molecule has 92 valence electrons. The monoisotopic (exact) mass is 246 g/mol. The molecule has 0 saturated carbocycles. The van der Waals surface area contributed by atoms with Gasteiger partial charge in [0.15, 0.2) is 0 Å². The van der Waals surface area contributed by atoms with Crippen molar-refractivity contribution in [1.29, 1.82) is 0 Å². The number of hydrogen-bond donors (Lipinski definition) is 0. The number of halogens is 2. The first-order valence-corrected chi connectivity index (χ1v) is 6.43. The summed E-state index contributed by atoms with van der Waals surface area (Å²) in [6, 6.07) is 0. The van der Waals surface area contributed by atoms with Gasteiger partial charge in [0.05, 0.1) is 5.34 Å². The minimum absolute atomic E-state index is 0. The second-order valence-electron chi connectivity index (χ2n) is 2.81. The lowest BCUT2D eigenvalue weighted by atomic mass is 10.3. The third kappa shape index (κ3) is 81.0. The molecular formula is C11H28Cl2O. The van der Waals surface area contributed by atoms with E-state index in [2.05, 4.69) is 27.7 Å². The molecule has 0 amide bonds. The standard InChI is InChI=1S/2C5H12.CH2Cl2.H2O/c2*1-3-5-4-2;2-1-3;/h2*3-5H2,1-2H3;1H2;1H2. The summed E-state index contributed by atoms with van der Waals surface area (Å²) in [5.41, 5.74) is 0. The molecule has 0 spiro atoms. The van der Waals surface area contributed by atoms with Crippen LogP contribution in [0.25, 0.3) is 0 Å². The first-order chi connectivity index (χ1) is 6.24. The molecule has 0 aliphatic carbocycles. The maximum Gasteiger partial charge on any atom is 0.0967 e. The van der Waals surface area contributed by atoms with E-state index < -0.39 is 0 Å². The Morgan fingerprint density at radius 2 is 0.786 bits per heavy atom. The first-order valence-electron chi connectivity index (χ1n) is 5.36. The Labute approximate surface area is 100 Å². The molecule has 0 unspecified atom stereocenters. The highest BCUT2D eigenvalue weighted by Crippen LogP contribution is 1.88. The largest absolute Gasteiger partial charge is 0.412 e. The molecule has 0 aliphatic heterocycles. The highest BCUT2D eigenvalue weighted by Gasteiger charge is 1.68. The van der Waals surface area contributed by atoms with Gasteiger partial charge in [-0.05, 0) is 0 Å². The Hall–Kier alpha value is 0.540. The van der Waals surface area contributed by atoms with Gasteiger partial charge < -0.3 is 5.48 Å². The molecular weight excluding hydrogens is 219 g/mol. The van der Waals surface area contributed by atoms with E-state index >= 15 is 0 Å². The molecule has 0 heterocycles. The third-order valence-corrected chi connectivity index (χ3v) is 1.41. The highest BCUT2D eigenvalue weighted by atomic mass is 35.5. The van der Waals surface area contributed by atoms with Crippen molar-refractivity contribution in [2.45, 2.75) is 66.2 Å². The van der Waals surface area contributed by atoms with Gasteiger partial charge in [0.25, 0.3) is 0 Å². The van der Waals surface area contributed by atoms with E-state index in [1.807, 2.05) is 0 Å². The van der Waals surface area contributed by atoms with Crippen molar-refractivity contribution in [3.63, 3.8) is 0 Å². The van der Waals surface area contributed by atoms with Crippen LogP contribution in [-0.4, -0.2) is 10.8 Å². The van der Waals surface area contributed by atoms with Gasteiger partial charge in [-0.25, -0.2) is 0 Å². The lowest BCUT2D eigenvalue weighted by Crippen LogP contribution is -1.59. The summed E-state index contributed by atoms with van der Waals surface area (Å²) in [5, 5.41) is 0.194. The van der Waals surface area contributed by atoms with Gasteiger partial charge >= 0.3 is 0 Å². The second-order valence-corrected chi connectivity index (χ2v) is 3.62. The normalized spacial score (nSPS) is 7.29. The molecule has 0 radical (unpaired) electrons. The van der Waals surface area contributed by atoms with E-state index in [4.69, 9.17) is 23.2 Å². The van der Waals surface area contributed by atoms with Gasteiger partial charge in [-0.2, -0.15) is 0 Å². The van der Waals surface area contributed by atoms with Crippen molar-refractivity contribution in [1.82, 2.24) is 0 Å². The van der Waals surface area contributed by atoms with Crippen LogP contribution in [0.4, 0.5) is 0 Å². The minimum atomic E-state index is 0. The average Bonchev–Trinajstić information content (AvgIpc) is 2.09. The molecule has 0 bridgehead atoms. The maximum absolute atomic E-state index is 4.76. The quantitative estimate of drug-likeness (QED) is 0.627. The van der Waals surface area contributed by atoms with Crippen LogP contribution >= 0.6 is 23.2 Å². The molecule has 0 saturated heterocycles. The number of rotatable bonds is 4. The van der Waals surface area contributed by atoms with Gasteiger partial charge in [0, 0.05) is 0 Å².